The summed E-state index contributed by atoms with van der Waals surface area (Å²) in [6.07, 6.45) is -2.99. The van der Waals surface area contributed by atoms with Crippen LogP contribution >= 0.6 is 0 Å². The van der Waals surface area contributed by atoms with Crippen LogP contribution in [0.25, 0.3) is 0 Å². The molecule has 0 amide bonds. The molecule has 138 valence electrons. The van der Waals surface area contributed by atoms with E-state index in [1.165, 1.54) is 19.2 Å². The van der Waals surface area contributed by atoms with E-state index in [1.807, 2.05) is 0 Å². The lowest BCUT2D eigenvalue weighted by Gasteiger charge is -2.34. The Morgan fingerprint density at radius 3 is 2.65 bits per heavy atom. The van der Waals surface area contributed by atoms with Gasteiger partial charge in [-0.25, -0.2) is 0 Å². The van der Waals surface area contributed by atoms with Crippen LogP contribution in [-0.4, -0.2) is 24.6 Å². The van der Waals surface area contributed by atoms with Crippen LogP contribution in [0.3, 0.4) is 0 Å². The molecule has 7 heteroatoms. The fourth-order valence-electron chi connectivity index (χ4n) is 3.71. The van der Waals surface area contributed by atoms with Crippen LogP contribution in [0.15, 0.2) is 40.5 Å². The summed E-state index contributed by atoms with van der Waals surface area (Å²) in [4.78, 5) is 29.3. The summed E-state index contributed by atoms with van der Waals surface area (Å²) in [5.74, 6) is -2.51. The fraction of sp³-hybridized carbons (Fsp3) is 0.421. The second-order valence-electron chi connectivity index (χ2n) is 6.49. The van der Waals surface area contributed by atoms with Crippen molar-refractivity contribution in [3.05, 3.63) is 46.7 Å². The molecule has 0 fully saturated rings. The van der Waals surface area contributed by atoms with E-state index in [0.717, 1.165) is 12.1 Å². The van der Waals surface area contributed by atoms with Crippen molar-refractivity contribution >= 4 is 17.5 Å². The first kappa shape index (κ1) is 18.4. The minimum Gasteiger partial charge on any atom is -0.468 e. The molecular weight excluding hydrogens is 347 g/mol. The number of allylic oxidation sites excluding steroid dienone is 2. The average Bonchev–Trinajstić information content (AvgIpc) is 2.59. The molecule has 0 radical (unpaired) electrons. The number of rotatable bonds is 2. The van der Waals surface area contributed by atoms with Gasteiger partial charge >= 0.3 is 12.1 Å². The quantitative estimate of drug-likeness (QED) is 0.743. The van der Waals surface area contributed by atoms with Gasteiger partial charge in [-0.3, -0.25) is 14.6 Å². The summed E-state index contributed by atoms with van der Waals surface area (Å²) in [5.41, 5.74) is 0.821. The smallest absolute Gasteiger partial charge is 0.416 e. The van der Waals surface area contributed by atoms with Gasteiger partial charge in [-0.1, -0.05) is 18.2 Å². The van der Waals surface area contributed by atoms with Crippen LogP contribution in [0.2, 0.25) is 0 Å². The molecule has 0 aromatic heterocycles. The predicted octanol–water partition coefficient (Wildman–Crippen LogP) is 4.06. The molecule has 3 rings (SSSR count). The van der Waals surface area contributed by atoms with E-state index in [9.17, 15) is 22.8 Å². The van der Waals surface area contributed by atoms with Crippen molar-refractivity contribution in [1.82, 2.24) is 0 Å². The highest BCUT2D eigenvalue weighted by molar-refractivity contribution is 6.08. The Bertz CT molecular complexity index is 824. The number of aliphatic imine (C=N–C) groups is 1. The number of esters is 1. The average molecular weight is 365 g/mol. The first-order chi connectivity index (χ1) is 12.2. The zero-order valence-corrected chi connectivity index (χ0v) is 14.4. The SMILES string of the molecule is COC(=O)C1C(C)=NC2=C(C(=O)CCC2)[C@@H]1c1cccc(C(F)(F)F)c1. The molecule has 2 atom stereocenters. The second kappa shape index (κ2) is 6.70. The van der Waals surface area contributed by atoms with Crippen LogP contribution in [0.5, 0.6) is 0 Å². The number of ketones is 1. The minimum absolute atomic E-state index is 0.168. The number of ether oxygens (including phenoxy) is 1. The Hall–Kier alpha value is -2.44. The highest BCUT2D eigenvalue weighted by atomic mass is 19.4. The number of benzene rings is 1. The van der Waals surface area contributed by atoms with Gasteiger partial charge in [0.1, 0.15) is 5.92 Å². The van der Waals surface area contributed by atoms with E-state index in [0.29, 0.717) is 36.2 Å². The third kappa shape index (κ3) is 3.18. The Morgan fingerprint density at radius 2 is 2.00 bits per heavy atom. The Balaban J connectivity index is 2.19. The van der Waals surface area contributed by atoms with Crippen molar-refractivity contribution in [1.29, 1.82) is 0 Å². The Morgan fingerprint density at radius 1 is 1.27 bits per heavy atom. The predicted molar refractivity (Wildman–Crippen MR) is 88.7 cm³/mol. The summed E-state index contributed by atoms with van der Waals surface area (Å²) in [6, 6.07) is 4.78. The summed E-state index contributed by atoms with van der Waals surface area (Å²) in [7, 11) is 1.21. The molecule has 1 unspecified atom stereocenters. The fourth-order valence-corrected chi connectivity index (χ4v) is 3.71. The van der Waals surface area contributed by atoms with Crippen LogP contribution in [0, 0.1) is 5.92 Å². The van der Waals surface area contributed by atoms with Crippen molar-refractivity contribution < 1.29 is 27.5 Å². The van der Waals surface area contributed by atoms with Gasteiger partial charge in [-0.15, -0.1) is 0 Å². The number of methoxy groups -OCH3 is 1. The summed E-state index contributed by atoms with van der Waals surface area (Å²) in [6.45, 7) is 1.64. The van der Waals surface area contributed by atoms with E-state index in [4.69, 9.17) is 4.74 Å². The van der Waals surface area contributed by atoms with E-state index in [-0.39, 0.29) is 11.3 Å². The maximum absolute atomic E-state index is 13.1. The molecule has 0 N–H and O–H groups in total. The standard InChI is InChI=1S/C19H18F3NO3/c1-10-15(18(25)26-2)16(17-13(23-10)7-4-8-14(17)24)11-5-3-6-12(9-11)19(20,21)22/h3,5-6,9,15-16H,4,7-8H2,1-2H3/t15?,16-/m1/s1. The zero-order chi connectivity index (χ0) is 19.1. The molecule has 4 nitrogen and oxygen atoms in total. The number of halogens is 3. The van der Waals surface area contributed by atoms with Crippen molar-refractivity contribution in [3.63, 3.8) is 0 Å². The van der Waals surface area contributed by atoms with E-state index >= 15 is 0 Å². The molecular formula is C19H18F3NO3. The third-order valence-corrected chi connectivity index (χ3v) is 4.86. The number of Topliss-reactive ketones (excluding diaryl/α,β-unsaturated/α-hetero) is 1. The van der Waals surface area contributed by atoms with E-state index in [1.54, 1.807) is 6.92 Å². The van der Waals surface area contributed by atoms with Gasteiger partial charge < -0.3 is 4.74 Å². The maximum atomic E-state index is 13.1. The first-order valence-corrected chi connectivity index (χ1v) is 8.30. The number of nitrogens with zero attached hydrogens (tertiary/aromatic N) is 1. The molecule has 1 aliphatic heterocycles. The molecule has 1 aliphatic carbocycles. The van der Waals surface area contributed by atoms with E-state index < -0.39 is 29.5 Å². The van der Waals surface area contributed by atoms with Gasteiger partial charge in [-0.2, -0.15) is 13.2 Å². The largest absolute Gasteiger partial charge is 0.468 e. The first-order valence-electron chi connectivity index (χ1n) is 8.30. The topological polar surface area (TPSA) is 55.7 Å². The monoisotopic (exact) mass is 365 g/mol. The number of hydrogen-bond donors (Lipinski definition) is 0. The Kier molecular flexibility index (Phi) is 4.73. The molecule has 1 aromatic carbocycles. The van der Waals surface area contributed by atoms with Gasteiger partial charge in [0.2, 0.25) is 0 Å². The highest BCUT2D eigenvalue weighted by Crippen LogP contribution is 2.44. The summed E-state index contributed by atoms with van der Waals surface area (Å²) >= 11 is 0. The normalized spacial score (nSPS) is 23.4. The lowest BCUT2D eigenvalue weighted by atomic mass is 9.71. The molecule has 0 spiro atoms. The zero-order valence-electron chi connectivity index (χ0n) is 14.4. The van der Waals surface area contributed by atoms with Crippen molar-refractivity contribution in [2.24, 2.45) is 10.9 Å². The second-order valence-corrected chi connectivity index (χ2v) is 6.49. The lowest BCUT2D eigenvalue weighted by Crippen LogP contribution is -2.37. The van der Waals surface area contributed by atoms with Gasteiger partial charge in [-0.05, 0) is 31.4 Å². The van der Waals surface area contributed by atoms with Crippen molar-refractivity contribution in [2.75, 3.05) is 7.11 Å². The molecule has 0 saturated carbocycles. The van der Waals surface area contributed by atoms with Crippen LogP contribution in [0.4, 0.5) is 13.2 Å². The van der Waals surface area contributed by atoms with Crippen LogP contribution in [-0.2, 0) is 20.5 Å². The van der Waals surface area contributed by atoms with Crippen molar-refractivity contribution in [3.8, 4) is 0 Å². The molecule has 0 saturated heterocycles. The number of hydrogen-bond acceptors (Lipinski definition) is 4. The molecule has 26 heavy (non-hydrogen) atoms. The third-order valence-electron chi connectivity index (χ3n) is 4.86. The molecule has 0 bridgehead atoms. The number of carbonyl (C=O) groups excluding carboxylic acids is 2. The summed E-state index contributed by atoms with van der Waals surface area (Å²) < 4.78 is 44.3. The Labute approximate surface area is 148 Å². The summed E-state index contributed by atoms with van der Waals surface area (Å²) in [5, 5.41) is 0. The maximum Gasteiger partial charge on any atom is 0.416 e. The van der Waals surface area contributed by atoms with Gasteiger partial charge in [0.15, 0.2) is 5.78 Å². The highest BCUT2D eigenvalue weighted by Gasteiger charge is 2.43. The van der Waals surface area contributed by atoms with Crippen LogP contribution in [0.1, 0.15) is 43.2 Å². The number of alkyl halides is 3. The van der Waals surface area contributed by atoms with Gasteiger partial charge in [0.25, 0.3) is 0 Å². The molecule has 1 aromatic rings. The lowest BCUT2D eigenvalue weighted by molar-refractivity contribution is -0.143. The minimum atomic E-state index is -4.51. The van der Waals surface area contributed by atoms with Crippen molar-refractivity contribution in [2.45, 2.75) is 38.3 Å². The van der Waals surface area contributed by atoms with Crippen LogP contribution < -0.4 is 0 Å². The van der Waals surface area contributed by atoms with E-state index in [2.05, 4.69) is 4.99 Å². The van der Waals surface area contributed by atoms with Gasteiger partial charge in [0.05, 0.1) is 12.7 Å². The molecule has 2 aliphatic rings. The molecule has 1 heterocycles. The van der Waals surface area contributed by atoms with Gasteiger partial charge in [0, 0.05) is 29.3 Å². The number of carbonyl (C=O) groups is 2.